The lowest BCUT2D eigenvalue weighted by atomic mass is 9.97. The van der Waals surface area contributed by atoms with E-state index >= 15 is 0 Å². The Morgan fingerprint density at radius 3 is 2.51 bits per heavy atom. The average Bonchev–Trinajstić information content (AvgIpc) is 3.25. The molecule has 2 amide bonds. The lowest BCUT2D eigenvalue weighted by Gasteiger charge is -2.33. The Kier molecular flexibility index (Phi) is 7.77. The lowest BCUT2D eigenvalue weighted by molar-refractivity contribution is -0.126. The quantitative estimate of drug-likeness (QED) is 0.568. The second kappa shape index (κ2) is 10.7. The van der Waals surface area contributed by atoms with Crippen LogP contribution in [0.5, 0.6) is 5.75 Å². The molecule has 3 heterocycles. The minimum Gasteiger partial charge on any atom is -0.492 e. The summed E-state index contributed by atoms with van der Waals surface area (Å²) < 4.78 is 47.2. The van der Waals surface area contributed by atoms with E-state index in [0.29, 0.717) is 56.1 Å². The van der Waals surface area contributed by atoms with E-state index < -0.39 is 29.1 Å². The number of benzene rings is 1. The minimum atomic E-state index is -2.68. The number of nitrogens with zero attached hydrogens (tertiary/aromatic N) is 3. The van der Waals surface area contributed by atoms with E-state index in [4.69, 9.17) is 10.5 Å². The van der Waals surface area contributed by atoms with Crippen molar-refractivity contribution in [3.63, 3.8) is 0 Å². The number of rotatable bonds is 8. The first kappa shape index (κ1) is 26.9. The van der Waals surface area contributed by atoms with Gasteiger partial charge in [-0.05, 0) is 75.9 Å². The molecule has 2 aliphatic heterocycles. The molecule has 37 heavy (non-hydrogen) atoms. The van der Waals surface area contributed by atoms with Gasteiger partial charge in [-0.15, -0.1) is 0 Å². The monoisotopic (exact) mass is 518 g/mol. The fraction of sp³-hybridized carbons (Fsp3) is 0.519. The molecule has 10 heteroatoms. The molecular weight excluding hydrogens is 485 g/mol. The van der Waals surface area contributed by atoms with Crippen LogP contribution in [0.3, 0.4) is 0 Å². The number of alkyl halides is 2. The first-order valence-corrected chi connectivity index (χ1v) is 12.6. The fourth-order valence-electron chi connectivity index (χ4n) is 5.09. The summed E-state index contributed by atoms with van der Waals surface area (Å²) in [7, 11) is 0. The van der Waals surface area contributed by atoms with Crippen LogP contribution in [0.15, 0.2) is 36.5 Å². The van der Waals surface area contributed by atoms with Gasteiger partial charge in [0, 0.05) is 19.0 Å². The predicted octanol–water partition coefficient (Wildman–Crippen LogP) is 4.11. The van der Waals surface area contributed by atoms with Gasteiger partial charge < -0.3 is 15.4 Å². The summed E-state index contributed by atoms with van der Waals surface area (Å²) in [5, 5.41) is 0. The molecule has 2 aromatic rings. The van der Waals surface area contributed by atoms with E-state index in [-0.39, 0.29) is 18.0 Å². The van der Waals surface area contributed by atoms with Gasteiger partial charge in [-0.3, -0.25) is 19.5 Å². The summed E-state index contributed by atoms with van der Waals surface area (Å²) in [6, 6.07) is 7.72. The Labute approximate surface area is 214 Å². The Morgan fingerprint density at radius 2 is 1.92 bits per heavy atom. The maximum absolute atomic E-state index is 15.0. The predicted molar refractivity (Wildman–Crippen MR) is 133 cm³/mol. The summed E-state index contributed by atoms with van der Waals surface area (Å²) in [5.41, 5.74) is 5.28. The largest absolute Gasteiger partial charge is 0.492 e. The van der Waals surface area contributed by atoms with Crippen LogP contribution >= 0.6 is 0 Å². The van der Waals surface area contributed by atoms with Gasteiger partial charge in [-0.1, -0.05) is 6.07 Å². The van der Waals surface area contributed by atoms with Gasteiger partial charge in [0.05, 0.1) is 30.6 Å². The van der Waals surface area contributed by atoms with Crippen molar-refractivity contribution >= 4 is 11.8 Å². The van der Waals surface area contributed by atoms with Gasteiger partial charge in [0.1, 0.15) is 17.1 Å². The first-order chi connectivity index (χ1) is 17.5. The molecule has 0 unspecified atom stereocenters. The van der Waals surface area contributed by atoms with Crippen molar-refractivity contribution in [3.05, 3.63) is 47.9 Å². The second-order valence-electron chi connectivity index (χ2n) is 10.4. The highest BCUT2D eigenvalue weighted by molar-refractivity contribution is 5.99. The average molecular weight is 519 g/mol. The Balaban J connectivity index is 1.34. The van der Waals surface area contributed by atoms with Gasteiger partial charge >= 0.3 is 0 Å². The number of hydrogen-bond donors (Lipinski definition) is 1. The third kappa shape index (κ3) is 6.23. The zero-order chi connectivity index (χ0) is 26.8. The van der Waals surface area contributed by atoms with Gasteiger partial charge in [0.15, 0.2) is 0 Å². The maximum atomic E-state index is 15.0. The normalized spacial score (nSPS) is 21.3. The fourth-order valence-corrected chi connectivity index (χ4v) is 5.09. The summed E-state index contributed by atoms with van der Waals surface area (Å²) in [6.07, 6.45) is 4.22. The van der Waals surface area contributed by atoms with Crippen molar-refractivity contribution in [2.75, 3.05) is 32.8 Å². The molecule has 0 saturated carbocycles. The topological polar surface area (TPSA) is 88.8 Å². The highest BCUT2D eigenvalue weighted by atomic mass is 19.3. The molecule has 0 aliphatic carbocycles. The lowest BCUT2D eigenvalue weighted by Crippen LogP contribution is -2.54. The van der Waals surface area contributed by atoms with Crippen LogP contribution in [0.2, 0.25) is 0 Å². The highest BCUT2D eigenvalue weighted by Gasteiger charge is 2.45. The van der Waals surface area contributed by atoms with Gasteiger partial charge in [-0.2, -0.15) is 0 Å². The Hall–Kier alpha value is -3.14. The zero-order valence-electron chi connectivity index (χ0n) is 21.2. The molecule has 200 valence electrons. The molecule has 0 spiro atoms. The Bertz CT molecular complexity index is 1130. The van der Waals surface area contributed by atoms with E-state index in [9.17, 15) is 22.8 Å². The number of carbonyl (C=O) groups excluding carboxylic acids is 2. The molecule has 2 aliphatic rings. The van der Waals surface area contributed by atoms with E-state index in [1.54, 1.807) is 36.2 Å². The number of amides is 2. The number of primary amides is 1. The number of hydrogen-bond acceptors (Lipinski definition) is 5. The summed E-state index contributed by atoms with van der Waals surface area (Å²) in [5.74, 6) is -3.70. The first-order valence-electron chi connectivity index (χ1n) is 12.6. The van der Waals surface area contributed by atoms with Crippen molar-refractivity contribution in [2.45, 2.75) is 51.0 Å². The maximum Gasteiger partial charge on any atom is 0.257 e. The zero-order valence-corrected chi connectivity index (χ0v) is 21.2. The number of carbonyl (C=O) groups is 2. The Morgan fingerprint density at radius 1 is 1.19 bits per heavy atom. The van der Waals surface area contributed by atoms with E-state index in [1.807, 2.05) is 0 Å². The van der Waals surface area contributed by atoms with Gasteiger partial charge in [0.2, 0.25) is 5.91 Å². The summed E-state index contributed by atoms with van der Waals surface area (Å²) in [4.78, 5) is 32.4. The molecule has 1 aromatic heterocycles. The summed E-state index contributed by atoms with van der Waals surface area (Å²) >= 11 is 0. The van der Waals surface area contributed by atoms with Crippen molar-refractivity contribution in [1.82, 2.24) is 14.8 Å². The van der Waals surface area contributed by atoms with Crippen LogP contribution in [0, 0.1) is 11.7 Å². The number of piperidine rings is 1. The number of nitrogens with two attached hydrogens (primary N) is 1. The van der Waals surface area contributed by atoms with Crippen LogP contribution in [0.4, 0.5) is 13.2 Å². The van der Waals surface area contributed by atoms with Crippen molar-refractivity contribution < 1.29 is 27.5 Å². The number of aromatic nitrogens is 1. The molecule has 1 aromatic carbocycles. The van der Waals surface area contributed by atoms with Gasteiger partial charge in [-0.25, -0.2) is 13.2 Å². The molecule has 1 atom stereocenters. The van der Waals surface area contributed by atoms with E-state index in [1.165, 1.54) is 17.0 Å². The third-order valence-corrected chi connectivity index (χ3v) is 7.34. The number of ether oxygens (including phenoxy) is 1. The minimum absolute atomic E-state index is 0.119. The molecular formula is C27H33F3N4O3. The smallest absolute Gasteiger partial charge is 0.257 e. The highest BCUT2D eigenvalue weighted by Crippen LogP contribution is 2.32. The molecule has 4 rings (SSSR count). The van der Waals surface area contributed by atoms with Crippen molar-refractivity contribution in [2.24, 2.45) is 11.7 Å². The van der Waals surface area contributed by atoms with Crippen LogP contribution in [0.1, 0.15) is 49.9 Å². The van der Waals surface area contributed by atoms with Crippen LogP contribution < -0.4 is 10.5 Å². The standard InChI is InChI=1S/C27H33F3N4O3/c1-26(25(31)36)10-3-11-34(26)24(35)21-6-4-19(14-22(21)28)23-7-5-20(15-32-23)37-16-18-8-12-33(13-9-18)17-27(2,29)30/h4-7,14-15,18H,3,8-13,16-17H2,1-2H3,(H2,31,36)/t26-/m0/s1. The molecule has 0 bridgehead atoms. The SMILES string of the molecule is CC(F)(F)CN1CCC(COc2ccc(-c3ccc(C(=O)N4CCC[C@@]4(C)C(N)=O)c(F)c3)nc2)CC1. The van der Waals surface area contributed by atoms with Crippen LogP contribution in [-0.4, -0.2) is 70.8 Å². The van der Waals surface area contributed by atoms with Crippen molar-refractivity contribution in [3.8, 4) is 17.0 Å². The van der Waals surface area contributed by atoms with Gasteiger partial charge in [0.25, 0.3) is 11.8 Å². The molecule has 7 nitrogen and oxygen atoms in total. The number of likely N-dealkylation sites (tertiary alicyclic amines) is 2. The van der Waals surface area contributed by atoms with Crippen LogP contribution in [-0.2, 0) is 4.79 Å². The second-order valence-corrected chi connectivity index (χ2v) is 10.4. The number of pyridine rings is 1. The molecule has 2 saturated heterocycles. The molecule has 2 N–H and O–H groups in total. The molecule has 2 fully saturated rings. The van der Waals surface area contributed by atoms with E-state index in [2.05, 4.69) is 4.98 Å². The summed E-state index contributed by atoms with van der Waals surface area (Å²) in [6.45, 7) is 4.40. The third-order valence-electron chi connectivity index (χ3n) is 7.34. The molecule has 0 radical (unpaired) electrons. The number of halogens is 3. The van der Waals surface area contributed by atoms with Crippen LogP contribution in [0.25, 0.3) is 11.3 Å². The van der Waals surface area contributed by atoms with E-state index in [0.717, 1.165) is 19.8 Å². The van der Waals surface area contributed by atoms with Crippen molar-refractivity contribution in [1.29, 1.82) is 0 Å².